The zero-order valence-electron chi connectivity index (χ0n) is 10.7. The van der Waals surface area contributed by atoms with Crippen LogP contribution in [0.25, 0.3) is 0 Å². The molecule has 1 saturated heterocycles. The molecule has 1 aromatic rings. The first kappa shape index (κ1) is 12.6. The lowest BCUT2D eigenvalue weighted by atomic mass is 10.2. The van der Waals surface area contributed by atoms with Gasteiger partial charge in [-0.3, -0.25) is 9.59 Å². The van der Waals surface area contributed by atoms with Crippen molar-refractivity contribution in [2.24, 2.45) is 0 Å². The lowest BCUT2D eigenvalue weighted by molar-refractivity contribution is -0.129. The van der Waals surface area contributed by atoms with Crippen molar-refractivity contribution in [1.29, 1.82) is 0 Å². The molecule has 1 fully saturated rings. The van der Waals surface area contributed by atoms with Crippen molar-refractivity contribution < 1.29 is 9.59 Å². The number of hydrogen-bond donors (Lipinski definition) is 1. The summed E-state index contributed by atoms with van der Waals surface area (Å²) >= 11 is 0. The van der Waals surface area contributed by atoms with Gasteiger partial charge in [0.25, 0.3) is 5.91 Å². The van der Waals surface area contributed by atoms with Crippen molar-refractivity contribution >= 4 is 11.8 Å². The maximum atomic E-state index is 11.9. The number of carbonyl (C=O) groups is 2. The maximum Gasteiger partial charge on any atom is 0.251 e. The molecule has 2 amide bonds. The topological polar surface area (TPSA) is 49.4 Å². The van der Waals surface area contributed by atoms with Crippen LogP contribution in [0.5, 0.6) is 0 Å². The van der Waals surface area contributed by atoms with Gasteiger partial charge in [0.2, 0.25) is 5.91 Å². The number of nitrogens with zero attached hydrogens (tertiary/aromatic N) is 1. The van der Waals surface area contributed by atoms with Gasteiger partial charge in [0.15, 0.2) is 0 Å². The van der Waals surface area contributed by atoms with Gasteiger partial charge in [-0.25, -0.2) is 0 Å². The van der Waals surface area contributed by atoms with Gasteiger partial charge >= 0.3 is 0 Å². The summed E-state index contributed by atoms with van der Waals surface area (Å²) in [5.41, 5.74) is 0.632. The number of nitrogens with one attached hydrogen (secondary N) is 1. The van der Waals surface area contributed by atoms with Crippen LogP contribution in [0.15, 0.2) is 30.3 Å². The van der Waals surface area contributed by atoms with Crippen LogP contribution in [0.2, 0.25) is 0 Å². The van der Waals surface area contributed by atoms with Crippen molar-refractivity contribution in [2.75, 3.05) is 6.54 Å². The van der Waals surface area contributed by atoms with E-state index in [0.29, 0.717) is 18.5 Å². The molecule has 4 nitrogen and oxygen atoms in total. The Balaban J connectivity index is 1.96. The van der Waals surface area contributed by atoms with Crippen molar-refractivity contribution in [1.82, 2.24) is 10.2 Å². The molecule has 0 aromatic heterocycles. The van der Waals surface area contributed by atoms with E-state index in [2.05, 4.69) is 5.32 Å². The number of likely N-dealkylation sites (tertiary alicyclic amines) is 1. The van der Waals surface area contributed by atoms with Gasteiger partial charge < -0.3 is 10.2 Å². The second-order valence-corrected chi connectivity index (χ2v) is 4.88. The molecule has 1 aromatic carbocycles. The molecule has 4 heteroatoms. The predicted molar refractivity (Wildman–Crippen MR) is 69.2 cm³/mol. The van der Waals surface area contributed by atoms with E-state index in [4.69, 9.17) is 0 Å². The minimum atomic E-state index is -0.112. The number of benzene rings is 1. The molecule has 0 saturated carbocycles. The first-order valence-corrected chi connectivity index (χ1v) is 6.23. The van der Waals surface area contributed by atoms with Crippen molar-refractivity contribution in [2.45, 2.75) is 32.4 Å². The molecule has 0 aliphatic carbocycles. The average Bonchev–Trinajstić information content (AvgIpc) is 2.71. The van der Waals surface area contributed by atoms with Crippen molar-refractivity contribution in [3.05, 3.63) is 35.9 Å². The molecule has 1 N–H and O–H groups in total. The number of hydrogen-bond acceptors (Lipinski definition) is 2. The molecule has 0 radical (unpaired) electrons. The van der Waals surface area contributed by atoms with Crippen LogP contribution >= 0.6 is 0 Å². The van der Waals surface area contributed by atoms with Gasteiger partial charge in [0, 0.05) is 24.6 Å². The van der Waals surface area contributed by atoms with E-state index in [1.165, 1.54) is 0 Å². The third-order valence-electron chi connectivity index (χ3n) is 3.15. The SMILES string of the molecule is CC(C)N1CC(NC(=O)c2ccccc2)CC1=O. The second-order valence-electron chi connectivity index (χ2n) is 4.88. The summed E-state index contributed by atoms with van der Waals surface area (Å²) < 4.78 is 0. The van der Waals surface area contributed by atoms with Crippen LogP contribution in [-0.4, -0.2) is 35.3 Å². The first-order chi connectivity index (χ1) is 8.58. The van der Waals surface area contributed by atoms with Crippen LogP contribution in [-0.2, 0) is 4.79 Å². The number of amides is 2. The fourth-order valence-corrected chi connectivity index (χ4v) is 2.19. The third-order valence-corrected chi connectivity index (χ3v) is 3.15. The van der Waals surface area contributed by atoms with E-state index in [1.807, 2.05) is 32.0 Å². The monoisotopic (exact) mass is 246 g/mol. The standard InChI is InChI=1S/C14H18N2O2/c1-10(2)16-9-12(8-13(16)17)15-14(18)11-6-4-3-5-7-11/h3-7,10,12H,8-9H2,1-2H3,(H,15,18). The second kappa shape index (κ2) is 5.21. The van der Waals surface area contributed by atoms with Crippen LogP contribution in [0.4, 0.5) is 0 Å². The van der Waals surface area contributed by atoms with E-state index < -0.39 is 0 Å². The fraction of sp³-hybridized carbons (Fsp3) is 0.429. The maximum absolute atomic E-state index is 11.9. The molecule has 0 bridgehead atoms. The summed E-state index contributed by atoms with van der Waals surface area (Å²) in [5.74, 6) is 0.00219. The molecule has 1 atom stereocenters. The number of carbonyl (C=O) groups excluding carboxylic acids is 2. The third kappa shape index (κ3) is 2.70. The van der Waals surface area contributed by atoms with Gasteiger partial charge in [0.05, 0.1) is 6.04 Å². The van der Waals surface area contributed by atoms with E-state index in [-0.39, 0.29) is 23.9 Å². The van der Waals surface area contributed by atoms with E-state index in [0.717, 1.165) is 0 Å². The molecule has 1 heterocycles. The molecule has 1 aliphatic rings. The van der Waals surface area contributed by atoms with Gasteiger partial charge in [-0.1, -0.05) is 18.2 Å². The summed E-state index contributed by atoms with van der Waals surface area (Å²) in [6.45, 7) is 4.58. The highest BCUT2D eigenvalue weighted by Crippen LogP contribution is 2.14. The molecule has 1 aliphatic heterocycles. The molecule has 1 unspecified atom stereocenters. The van der Waals surface area contributed by atoms with Crippen LogP contribution in [0.1, 0.15) is 30.6 Å². The van der Waals surface area contributed by atoms with Gasteiger partial charge in [0.1, 0.15) is 0 Å². The molecule has 0 spiro atoms. The predicted octanol–water partition coefficient (Wildman–Crippen LogP) is 1.43. The van der Waals surface area contributed by atoms with Crippen LogP contribution in [0.3, 0.4) is 0 Å². The van der Waals surface area contributed by atoms with Crippen molar-refractivity contribution in [3.8, 4) is 0 Å². The lowest BCUT2D eigenvalue weighted by Gasteiger charge is -2.21. The van der Waals surface area contributed by atoms with Gasteiger partial charge in [-0.2, -0.15) is 0 Å². The smallest absolute Gasteiger partial charge is 0.251 e. The lowest BCUT2D eigenvalue weighted by Crippen LogP contribution is -2.38. The van der Waals surface area contributed by atoms with Gasteiger partial charge in [-0.15, -0.1) is 0 Å². The Morgan fingerprint density at radius 2 is 2.00 bits per heavy atom. The van der Waals surface area contributed by atoms with Crippen LogP contribution in [0, 0.1) is 0 Å². The fourth-order valence-electron chi connectivity index (χ4n) is 2.19. The molecular weight excluding hydrogens is 228 g/mol. The Kier molecular flexibility index (Phi) is 3.65. The quantitative estimate of drug-likeness (QED) is 0.877. The molecule has 96 valence electrons. The highest BCUT2D eigenvalue weighted by Gasteiger charge is 2.31. The Morgan fingerprint density at radius 3 is 2.56 bits per heavy atom. The molecule has 2 rings (SSSR count). The Hall–Kier alpha value is -1.84. The normalized spacial score (nSPS) is 19.4. The Bertz CT molecular complexity index is 442. The number of rotatable bonds is 3. The summed E-state index contributed by atoms with van der Waals surface area (Å²) in [6, 6.07) is 9.18. The van der Waals surface area contributed by atoms with E-state index in [1.54, 1.807) is 17.0 Å². The van der Waals surface area contributed by atoms with Crippen molar-refractivity contribution in [3.63, 3.8) is 0 Å². The van der Waals surface area contributed by atoms with Gasteiger partial charge in [-0.05, 0) is 26.0 Å². The summed E-state index contributed by atoms with van der Waals surface area (Å²) in [4.78, 5) is 25.5. The Labute approximate surface area is 107 Å². The average molecular weight is 246 g/mol. The van der Waals surface area contributed by atoms with E-state index >= 15 is 0 Å². The molecule has 18 heavy (non-hydrogen) atoms. The highest BCUT2D eigenvalue weighted by molar-refractivity contribution is 5.95. The highest BCUT2D eigenvalue weighted by atomic mass is 16.2. The zero-order chi connectivity index (χ0) is 13.1. The first-order valence-electron chi connectivity index (χ1n) is 6.23. The van der Waals surface area contributed by atoms with Crippen LogP contribution < -0.4 is 5.32 Å². The minimum Gasteiger partial charge on any atom is -0.347 e. The minimum absolute atomic E-state index is 0.0763. The Morgan fingerprint density at radius 1 is 1.33 bits per heavy atom. The summed E-state index contributed by atoms with van der Waals surface area (Å²) in [6.07, 6.45) is 0.400. The van der Waals surface area contributed by atoms with E-state index in [9.17, 15) is 9.59 Å². The summed E-state index contributed by atoms with van der Waals surface area (Å²) in [5, 5.41) is 2.91. The zero-order valence-corrected chi connectivity index (χ0v) is 10.7. The largest absolute Gasteiger partial charge is 0.347 e. The molecular formula is C14H18N2O2. The summed E-state index contributed by atoms with van der Waals surface area (Å²) in [7, 11) is 0.